The molecule has 0 saturated carbocycles. The average molecular weight is 276 g/mol. The Balaban J connectivity index is 2.77. The van der Waals surface area contributed by atoms with Crippen LogP contribution in [0.5, 0.6) is 0 Å². The number of nitro groups is 1. The van der Waals surface area contributed by atoms with Crippen molar-refractivity contribution in [3.05, 3.63) is 43.9 Å². The molecule has 1 heterocycles. The van der Waals surface area contributed by atoms with Crippen molar-refractivity contribution in [3.8, 4) is 0 Å². The zero-order valence-corrected chi connectivity index (χ0v) is 8.13. The molecular formula is C7H5IN2O2. The quantitative estimate of drug-likeness (QED) is 0.359. The van der Waals surface area contributed by atoms with Gasteiger partial charge in [-0.25, -0.2) is 4.98 Å². The zero-order chi connectivity index (χ0) is 8.97. The van der Waals surface area contributed by atoms with Gasteiger partial charge in [0, 0.05) is 12.3 Å². The van der Waals surface area contributed by atoms with Crippen LogP contribution in [0, 0.1) is 13.8 Å². The van der Waals surface area contributed by atoms with Gasteiger partial charge in [-0.2, -0.15) is 0 Å². The minimum absolute atomic E-state index is 0.502. The van der Waals surface area contributed by atoms with E-state index in [1.54, 1.807) is 18.3 Å². The van der Waals surface area contributed by atoms with Crippen molar-refractivity contribution >= 4 is 28.7 Å². The second-order valence-electron chi connectivity index (χ2n) is 2.02. The lowest BCUT2D eigenvalue weighted by Crippen LogP contribution is -1.84. The first kappa shape index (κ1) is 9.11. The van der Waals surface area contributed by atoms with Crippen LogP contribution >= 0.6 is 22.6 Å². The highest BCUT2D eigenvalue weighted by Gasteiger charge is 1.90. The first-order valence-electron chi connectivity index (χ1n) is 3.12. The van der Waals surface area contributed by atoms with E-state index in [9.17, 15) is 10.1 Å². The third kappa shape index (κ3) is 2.95. The van der Waals surface area contributed by atoms with Gasteiger partial charge in [-0.3, -0.25) is 10.1 Å². The van der Waals surface area contributed by atoms with E-state index in [4.69, 9.17) is 0 Å². The summed E-state index contributed by atoms with van der Waals surface area (Å²) in [7, 11) is 0. The average Bonchev–Trinajstić information content (AvgIpc) is 2.03. The fraction of sp³-hybridized carbons (Fsp3) is 0. The summed E-state index contributed by atoms with van der Waals surface area (Å²) in [5.74, 6) is 0. The molecule has 0 unspecified atom stereocenters. The van der Waals surface area contributed by atoms with E-state index >= 15 is 0 Å². The van der Waals surface area contributed by atoms with Crippen LogP contribution in [0.1, 0.15) is 5.56 Å². The number of aromatic nitrogens is 1. The lowest BCUT2D eigenvalue weighted by atomic mass is 10.3. The Labute approximate surface area is 82.6 Å². The van der Waals surface area contributed by atoms with E-state index < -0.39 is 4.92 Å². The highest BCUT2D eigenvalue weighted by molar-refractivity contribution is 14.1. The van der Waals surface area contributed by atoms with Gasteiger partial charge in [-0.05, 0) is 34.2 Å². The molecule has 0 amide bonds. The van der Waals surface area contributed by atoms with Crippen molar-refractivity contribution in [2.24, 2.45) is 0 Å². The van der Waals surface area contributed by atoms with Crippen molar-refractivity contribution in [2.45, 2.75) is 0 Å². The SMILES string of the molecule is O=[N+]([O-])/C=C/c1ccc(I)nc1. The molecule has 0 aliphatic rings. The molecule has 0 aliphatic heterocycles. The maximum absolute atomic E-state index is 9.94. The molecule has 0 bridgehead atoms. The van der Waals surface area contributed by atoms with Crippen LogP contribution in [0.4, 0.5) is 0 Å². The molecule has 0 aliphatic carbocycles. The largest absolute Gasteiger partial charge is 0.259 e. The van der Waals surface area contributed by atoms with Crippen LogP contribution in [0.3, 0.4) is 0 Å². The molecular weight excluding hydrogens is 271 g/mol. The molecule has 0 fully saturated rings. The summed E-state index contributed by atoms with van der Waals surface area (Å²) >= 11 is 2.07. The minimum Gasteiger partial charge on any atom is -0.259 e. The number of nitrogens with zero attached hydrogens (tertiary/aromatic N) is 2. The number of halogens is 1. The van der Waals surface area contributed by atoms with Crippen LogP contribution < -0.4 is 0 Å². The molecule has 0 spiro atoms. The van der Waals surface area contributed by atoms with Gasteiger partial charge in [-0.15, -0.1) is 0 Å². The fourth-order valence-electron chi connectivity index (χ4n) is 0.633. The van der Waals surface area contributed by atoms with Gasteiger partial charge in [0.1, 0.15) is 3.70 Å². The maximum atomic E-state index is 9.94. The molecule has 1 aromatic heterocycles. The van der Waals surface area contributed by atoms with Gasteiger partial charge in [0.05, 0.1) is 4.92 Å². The van der Waals surface area contributed by atoms with Crippen molar-refractivity contribution in [1.82, 2.24) is 4.98 Å². The van der Waals surface area contributed by atoms with Crippen LogP contribution in [-0.4, -0.2) is 9.91 Å². The Morgan fingerprint density at radius 2 is 2.33 bits per heavy atom. The summed E-state index contributed by atoms with van der Waals surface area (Å²) in [6.45, 7) is 0. The van der Waals surface area contributed by atoms with E-state index in [1.165, 1.54) is 6.08 Å². The third-order valence-corrected chi connectivity index (χ3v) is 1.78. The number of pyridine rings is 1. The van der Waals surface area contributed by atoms with Gasteiger partial charge in [0.25, 0.3) is 0 Å². The summed E-state index contributed by atoms with van der Waals surface area (Å²) in [5, 5.41) is 9.94. The van der Waals surface area contributed by atoms with Crippen LogP contribution in [0.25, 0.3) is 6.08 Å². The van der Waals surface area contributed by atoms with Crippen molar-refractivity contribution < 1.29 is 4.92 Å². The minimum atomic E-state index is -0.502. The number of rotatable bonds is 2. The number of hydrogen-bond donors (Lipinski definition) is 0. The van der Waals surface area contributed by atoms with Crippen LogP contribution in [-0.2, 0) is 0 Å². The Hall–Kier alpha value is -0.980. The molecule has 4 nitrogen and oxygen atoms in total. The summed E-state index contributed by atoms with van der Waals surface area (Å²) in [6.07, 6.45) is 3.88. The van der Waals surface area contributed by atoms with E-state index in [-0.39, 0.29) is 0 Å². The molecule has 0 atom stereocenters. The first-order valence-corrected chi connectivity index (χ1v) is 4.19. The molecule has 12 heavy (non-hydrogen) atoms. The lowest BCUT2D eigenvalue weighted by molar-refractivity contribution is -0.400. The Kier molecular flexibility index (Phi) is 3.15. The topological polar surface area (TPSA) is 56.0 Å². The molecule has 1 aromatic rings. The summed E-state index contributed by atoms with van der Waals surface area (Å²) < 4.78 is 0.867. The second kappa shape index (κ2) is 4.15. The summed E-state index contributed by atoms with van der Waals surface area (Å²) in [6, 6.07) is 3.56. The second-order valence-corrected chi connectivity index (χ2v) is 3.12. The Morgan fingerprint density at radius 1 is 1.58 bits per heavy atom. The van der Waals surface area contributed by atoms with E-state index in [0.717, 1.165) is 15.5 Å². The Morgan fingerprint density at radius 3 is 2.83 bits per heavy atom. The zero-order valence-electron chi connectivity index (χ0n) is 5.98. The molecule has 0 N–H and O–H groups in total. The van der Waals surface area contributed by atoms with Gasteiger partial charge in [-0.1, -0.05) is 6.07 Å². The summed E-state index contributed by atoms with van der Waals surface area (Å²) in [5.41, 5.74) is 0.729. The third-order valence-electron chi connectivity index (χ3n) is 1.14. The van der Waals surface area contributed by atoms with Gasteiger partial charge < -0.3 is 0 Å². The molecule has 0 saturated heterocycles. The Bertz CT molecular complexity index is 308. The number of hydrogen-bond acceptors (Lipinski definition) is 3. The van der Waals surface area contributed by atoms with E-state index in [1.807, 2.05) is 0 Å². The fourth-order valence-corrected chi connectivity index (χ4v) is 0.952. The highest BCUT2D eigenvalue weighted by atomic mass is 127. The standard InChI is InChI=1S/C7H5IN2O2/c8-7-2-1-6(5-9-7)3-4-10(11)12/h1-5H/b4-3+. The molecule has 1 rings (SSSR count). The highest BCUT2D eigenvalue weighted by Crippen LogP contribution is 2.04. The summed E-state index contributed by atoms with van der Waals surface area (Å²) in [4.78, 5) is 13.4. The van der Waals surface area contributed by atoms with Crippen molar-refractivity contribution in [2.75, 3.05) is 0 Å². The van der Waals surface area contributed by atoms with E-state index in [0.29, 0.717) is 0 Å². The van der Waals surface area contributed by atoms with Crippen LogP contribution in [0.15, 0.2) is 24.5 Å². The molecule has 0 radical (unpaired) electrons. The smallest absolute Gasteiger partial charge is 0.235 e. The monoisotopic (exact) mass is 276 g/mol. The van der Waals surface area contributed by atoms with Crippen molar-refractivity contribution in [3.63, 3.8) is 0 Å². The molecule has 62 valence electrons. The van der Waals surface area contributed by atoms with Gasteiger partial charge >= 0.3 is 0 Å². The predicted octanol–water partition coefficient (Wildman–Crippen LogP) is 1.93. The van der Waals surface area contributed by atoms with Gasteiger partial charge in [0.2, 0.25) is 6.20 Å². The normalized spacial score (nSPS) is 10.4. The lowest BCUT2D eigenvalue weighted by Gasteiger charge is -1.89. The predicted molar refractivity (Wildman–Crippen MR) is 53.0 cm³/mol. The molecule has 0 aromatic carbocycles. The molecule has 5 heteroatoms. The van der Waals surface area contributed by atoms with Crippen LogP contribution in [0.2, 0.25) is 0 Å². The first-order chi connectivity index (χ1) is 5.68. The van der Waals surface area contributed by atoms with Gasteiger partial charge in [0.15, 0.2) is 0 Å². The van der Waals surface area contributed by atoms with E-state index in [2.05, 4.69) is 27.6 Å². The maximum Gasteiger partial charge on any atom is 0.235 e. The van der Waals surface area contributed by atoms with Crippen molar-refractivity contribution in [1.29, 1.82) is 0 Å².